The third-order valence-corrected chi connectivity index (χ3v) is 0. The van der Waals surface area contributed by atoms with E-state index in [4.69, 9.17) is 20.6 Å². The quantitative estimate of drug-likeness (QED) is 0.237. The van der Waals surface area contributed by atoms with Crippen molar-refractivity contribution in [2.24, 2.45) is 0 Å². The van der Waals surface area contributed by atoms with Crippen molar-refractivity contribution < 1.29 is 101 Å². The van der Waals surface area contributed by atoms with Gasteiger partial charge in [0.25, 0.3) is 42.1 Å². The molecule has 0 bridgehead atoms. The van der Waals surface area contributed by atoms with E-state index in [9.17, 15) is 0 Å². The molecule has 0 fully saturated rings. The molecule has 0 atom stereocenters. The summed E-state index contributed by atoms with van der Waals surface area (Å²) in [6.45, 7) is 0. The van der Waals surface area contributed by atoms with Gasteiger partial charge in [0.1, 0.15) is 0 Å². The number of halogens is 2. The fourth-order valence-corrected chi connectivity index (χ4v) is 0. The molecule has 13 heavy (non-hydrogen) atoms. The number of hydrogen-bond acceptors (Lipinski definition) is 6. The molecule has 91 valence electrons. The molecule has 0 unspecified atom stereocenters. The monoisotopic (exact) mass is 485 g/mol. The molecule has 0 aromatic carbocycles. The zero-order chi connectivity index (χ0) is 7.15. The van der Waals surface area contributed by atoms with Gasteiger partial charge in [-0.15, -0.1) is 0 Å². The van der Waals surface area contributed by atoms with E-state index >= 15 is 0 Å². The molecule has 12 N–H and O–H groups in total. The standard InChI is InChI=1S/Co.2IO3.4H2O/c;2*2-1(3)4;;;;/h;;;4*1H2/q+2;2*-1;;;;/p+4. The smallest absolute Gasteiger partial charge is 0.457 e. The van der Waals surface area contributed by atoms with Crippen molar-refractivity contribution >= 4 is 0 Å². The minimum absolute atomic E-state index is 0. The van der Waals surface area contributed by atoms with E-state index in [1.54, 1.807) is 0 Å². The molecular weight excluding hydrogens is 473 g/mol. The van der Waals surface area contributed by atoms with Gasteiger partial charge in [0, 0.05) is 0 Å². The normalized spacial score (nSPS) is 5.54. The zero-order valence-corrected chi connectivity index (χ0v) is 11.2. The molecule has 0 saturated carbocycles. The van der Waals surface area contributed by atoms with E-state index in [2.05, 4.69) is 0 Å². The van der Waals surface area contributed by atoms with Crippen LogP contribution in [0.25, 0.3) is 0 Å². The van der Waals surface area contributed by atoms with E-state index in [1.165, 1.54) is 0 Å². The van der Waals surface area contributed by atoms with Crippen molar-refractivity contribution in [3.05, 3.63) is 0 Å². The van der Waals surface area contributed by atoms with Crippen LogP contribution in [0.2, 0.25) is 0 Å². The summed E-state index contributed by atoms with van der Waals surface area (Å²) < 4.78 is 51.4. The molecule has 0 rings (SSSR count). The van der Waals surface area contributed by atoms with Crippen LogP contribution in [0.3, 0.4) is 0 Å². The van der Waals surface area contributed by atoms with Crippen LogP contribution in [0.15, 0.2) is 0 Å². The van der Waals surface area contributed by atoms with Gasteiger partial charge in [-0.05, 0) is 0 Å². The first-order valence-corrected chi connectivity index (χ1v) is 6.21. The Kier molecular flexibility index (Phi) is 135. The Hall–Kier alpha value is 1.57. The maximum Gasteiger partial charge on any atom is 2.00 e. The van der Waals surface area contributed by atoms with Crippen LogP contribution < -0.4 is 62.7 Å². The number of rotatable bonds is 0. The van der Waals surface area contributed by atoms with Crippen molar-refractivity contribution in [1.82, 2.24) is 0 Å². The summed E-state index contributed by atoms with van der Waals surface area (Å²) in [5.41, 5.74) is 0. The second-order valence-corrected chi connectivity index (χ2v) is 2.54. The van der Waals surface area contributed by atoms with Gasteiger partial charge in [-0.3, -0.25) is 0 Å². The number of hydrogen-bond donors (Lipinski definition) is 0. The second kappa shape index (κ2) is 37.4. The van der Waals surface area contributed by atoms with Crippen LogP contribution in [0, 0.1) is 0 Å². The van der Waals surface area contributed by atoms with Gasteiger partial charge in [-0.2, -0.15) is 0 Å². The molecule has 0 aliphatic carbocycles. The van der Waals surface area contributed by atoms with Gasteiger partial charge in [0.2, 0.25) is 0 Å². The molecule has 0 aromatic heterocycles. The molecule has 0 aliphatic rings. The maximum absolute atomic E-state index is 8.57. The Bertz CT molecular complexity index is 28.4. The van der Waals surface area contributed by atoms with Crippen LogP contribution >= 0.6 is 0 Å². The van der Waals surface area contributed by atoms with E-state index < -0.39 is 42.1 Å². The molecule has 0 aliphatic heterocycles. The van der Waals surface area contributed by atoms with Crippen LogP contribution in [-0.2, 0) is 38.7 Å². The molecule has 13 heteroatoms. The topological polar surface area (TPSA) is 270 Å². The maximum atomic E-state index is 8.57. The van der Waals surface area contributed by atoms with E-state index in [-0.39, 0.29) is 38.7 Å². The third-order valence-electron chi connectivity index (χ3n) is 0. The van der Waals surface area contributed by atoms with E-state index in [1.807, 2.05) is 0 Å². The van der Waals surface area contributed by atoms with Gasteiger partial charge >= 0.3 is 16.8 Å². The second-order valence-electron chi connectivity index (χ2n) is 0.378. The summed E-state index contributed by atoms with van der Waals surface area (Å²) in [7, 11) is 0. The van der Waals surface area contributed by atoms with Crippen LogP contribution in [0.1, 0.15) is 0 Å². The average molecular weight is 485 g/mol. The van der Waals surface area contributed by atoms with Crippen LogP contribution in [0.4, 0.5) is 0 Å². The minimum Gasteiger partial charge on any atom is -0.457 e. The first kappa shape index (κ1) is 46.8. The fourth-order valence-electron chi connectivity index (χ4n) is 0. The van der Waals surface area contributed by atoms with Gasteiger partial charge in [-0.25, -0.2) is 0 Å². The van der Waals surface area contributed by atoms with E-state index in [0.717, 1.165) is 0 Å². The van der Waals surface area contributed by atoms with Crippen LogP contribution in [0.5, 0.6) is 0 Å². The van der Waals surface area contributed by atoms with Gasteiger partial charge in [0.15, 0.2) is 0 Å². The molecule has 0 amide bonds. The Morgan fingerprint density at radius 1 is 0.462 bits per heavy atom. The third kappa shape index (κ3) is 740. The molecule has 1 radical (unpaired) electrons. The van der Waals surface area contributed by atoms with Gasteiger partial charge < -0.3 is 42.5 Å². The average Bonchev–Trinajstić information content (AvgIpc) is 1.25. The van der Waals surface area contributed by atoms with Crippen molar-refractivity contribution in [1.29, 1.82) is 0 Å². The minimum atomic E-state index is -4.01. The molecule has 0 saturated heterocycles. The van der Waals surface area contributed by atoms with Crippen molar-refractivity contribution in [3.8, 4) is 0 Å². The molecule has 0 heterocycles. The Morgan fingerprint density at radius 2 is 0.462 bits per heavy atom. The SMILES string of the molecule is [Co+2].[O-][I+2]([O-])[O-].[O-][I+2]([O-])[O-].[OH3+].[OH3+].[OH3+].[OH3+]. The summed E-state index contributed by atoms with van der Waals surface area (Å²) in [6.07, 6.45) is 0. The van der Waals surface area contributed by atoms with Crippen molar-refractivity contribution in [2.45, 2.75) is 0 Å². The van der Waals surface area contributed by atoms with Gasteiger partial charge in [0.05, 0.1) is 0 Å². The molecule has 0 aromatic rings. The first-order chi connectivity index (χ1) is 3.46. The molecule has 10 nitrogen and oxygen atoms in total. The summed E-state index contributed by atoms with van der Waals surface area (Å²) in [4.78, 5) is 0. The van der Waals surface area contributed by atoms with Gasteiger partial charge in [-0.1, -0.05) is 0 Å². The van der Waals surface area contributed by atoms with Crippen molar-refractivity contribution in [3.63, 3.8) is 0 Å². The molecule has 0 spiro atoms. The Labute approximate surface area is 101 Å². The first-order valence-electron chi connectivity index (χ1n) is 0.926. The predicted octanol–water partition coefficient (Wildman–Crippen LogP) is -16.8. The Morgan fingerprint density at radius 3 is 0.462 bits per heavy atom. The summed E-state index contributed by atoms with van der Waals surface area (Å²) in [5.74, 6) is 0. The summed E-state index contributed by atoms with van der Waals surface area (Å²) in [5, 5.41) is 0. The predicted molar refractivity (Wildman–Crippen MR) is 19.5 cm³/mol. The summed E-state index contributed by atoms with van der Waals surface area (Å²) >= 11 is -8.03. The Balaban J connectivity index is -0.00000000800. The zero-order valence-electron chi connectivity index (χ0n) is 5.85. The summed E-state index contributed by atoms with van der Waals surface area (Å²) in [6, 6.07) is 0. The molecular formula is H12CoI2O10+4. The van der Waals surface area contributed by atoms with Crippen LogP contribution in [-0.4, -0.2) is 0 Å². The van der Waals surface area contributed by atoms with E-state index in [0.29, 0.717) is 0 Å². The fraction of sp³-hybridized carbons (Fsp3) is 0. The largest absolute Gasteiger partial charge is 2.00 e. The van der Waals surface area contributed by atoms with Crippen molar-refractivity contribution in [2.75, 3.05) is 0 Å².